The van der Waals surface area contributed by atoms with Crippen molar-refractivity contribution in [2.75, 3.05) is 24.9 Å². The quantitative estimate of drug-likeness (QED) is 0.247. The fraction of sp³-hybridized carbons (Fsp3) is 0.179. The lowest BCUT2D eigenvalue weighted by Gasteiger charge is -2.17. The Balaban J connectivity index is 1.35. The summed E-state index contributed by atoms with van der Waals surface area (Å²) < 4.78 is 44.7. The standard InChI is InChI=1S/C28H22ClF2N3O5/c1-37-24-11-17-20(14-25(24)38-2)32-10-7-22(17)39-23-12-18(29)21(13-19(23)31)34-27(36)28(8-9-28)26(35)33-16-5-3-15(30)4-6-16/h3-7,10-14H,8-9H2,1-2H3,(H,33,35)(H,34,36). The first-order valence-electron chi connectivity index (χ1n) is 11.8. The first-order valence-corrected chi connectivity index (χ1v) is 12.2. The summed E-state index contributed by atoms with van der Waals surface area (Å²) in [6.07, 6.45) is 2.11. The monoisotopic (exact) mass is 553 g/mol. The number of hydrogen-bond acceptors (Lipinski definition) is 6. The van der Waals surface area contributed by atoms with Gasteiger partial charge in [0.05, 0.1) is 30.4 Å². The van der Waals surface area contributed by atoms with Crippen LogP contribution < -0.4 is 24.8 Å². The van der Waals surface area contributed by atoms with Crippen molar-refractivity contribution >= 4 is 45.7 Å². The molecule has 0 bridgehead atoms. The Morgan fingerprint density at radius 1 is 0.872 bits per heavy atom. The van der Waals surface area contributed by atoms with E-state index in [1.807, 2.05) is 0 Å². The van der Waals surface area contributed by atoms with Crippen molar-refractivity contribution in [1.29, 1.82) is 0 Å². The van der Waals surface area contributed by atoms with Crippen LogP contribution in [0.1, 0.15) is 12.8 Å². The lowest BCUT2D eigenvalue weighted by Crippen LogP contribution is -2.35. The maximum Gasteiger partial charge on any atom is 0.240 e. The summed E-state index contributed by atoms with van der Waals surface area (Å²) in [5.74, 6) is -1.38. The number of pyridine rings is 1. The van der Waals surface area contributed by atoms with E-state index in [1.165, 1.54) is 50.7 Å². The number of nitrogens with zero attached hydrogens (tertiary/aromatic N) is 1. The van der Waals surface area contributed by atoms with Crippen LogP contribution in [0.3, 0.4) is 0 Å². The maximum absolute atomic E-state index is 15.1. The van der Waals surface area contributed by atoms with E-state index < -0.39 is 28.9 Å². The first-order chi connectivity index (χ1) is 18.7. The fourth-order valence-electron chi connectivity index (χ4n) is 4.07. The normalized spacial score (nSPS) is 13.5. The molecule has 0 unspecified atom stereocenters. The van der Waals surface area contributed by atoms with Gasteiger partial charge in [-0.25, -0.2) is 8.78 Å². The van der Waals surface area contributed by atoms with Gasteiger partial charge in [0.25, 0.3) is 0 Å². The van der Waals surface area contributed by atoms with E-state index in [0.717, 1.165) is 6.07 Å². The molecule has 1 saturated carbocycles. The van der Waals surface area contributed by atoms with Gasteiger partial charge in [-0.2, -0.15) is 0 Å². The van der Waals surface area contributed by atoms with E-state index in [-0.39, 0.29) is 16.5 Å². The Hall–Kier alpha value is -4.44. The van der Waals surface area contributed by atoms with Crippen LogP contribution in [-0.4, -0.2) is 31.0 Å². The Bertz CT molecular complexity index is 1590. The van der Waals surface area contributed by atoms with Crippen molar-refractivity contribution in [3.63, 3.8) is 0 Å². The van der Waals surface area contributed by atoms with Crippen molar-refractivity contribution in [1.82, 2.24) is 4.98 Å². The molecule has 0 saturated heterocycles. The van der Waals surface area contributed by atoms with E-state index in [0.29, 0.717) is 46.7 Å². The number of carbonyl (C=O) groups is 2. The Morgan fingerprint density at radius 3 is 2.21 bits per heavy atom. The van der Waals surface area contributed by atoms with Crippen LogP contribution in [0.4, 0.5) is 20.2 Å². The van der Waals surface area contributed by atoms with Crippen LogP contribution >= 0.6 is 11.6 Å². The van der Waals surface area contributed by atoms with E-state index >= 15 is 4.39 Å². The van der Waals surface area contributed by atoms with Gasteiger partial charge in [-0.1, -0.05) is 11.6 Å². The van der Waals surface area contributed by atoms with Gasteiger partial charge in [-0.3, -0.25) is 14.6 Å². The summed E-state index contributed by atoms with van der Waals surface area (Å²) in [5, 5.41) is 5.72. The van der Waals surface area contributed by atoms with Crippen molar-refractivity contribution in [2.24, 2.45) is 5.41 Å². The number of rotatable bonds is 8. The van der Waals surface area contributed by atoms with Gasteiger partial charge in [0.1, 0.15) is 17.0 Å². The van der Waals surface area contributed by atoms with Crippen LogP contribution in [0.5, 0.6) is 23.0 Å². The number of halogens is 3. The molecular weight excluding hydrogens is 532 g/mol. The zero-order valence-electron chi connectivity index (χ0n) is 20.8. The second-order valence-corrected chi connectivity index (χ2v) is 9.30. The highest BCUT2D eigenvalue weighted by Gasteiger charge is 2.56. The van der Waals surface area contributed by atoms with Gasteiger partial charge >= 0.3 is 0 Å². The van der Waals surface area contributed by atoms with E-state index in [2.05, 4.69) is 15.6 Å². The Morgan fingerprint density at radius 2 is 1.54 bits per heavy atom. The lowest BCUT2D eigenvalue weighted by molar-refractivity contribution is -0.131. The van der Waals surface area contributed by atoms with Crippen LogP contribution in [0.15, 0.2) is 60.8 Å². The van der Waals surface area contributed by atoms with Crippen LogP contribution in [0.25, 0.3) is 10.9 Å². The van der Waals surface area contributed by atoms with Crippen molar-refractivity contribution < 1.29 is 32.6 Å². The van der Waals surface area contributed by atoms with Gasteiger partial charge in [0, 0.05) is 35.5 Å². The molecule has 1 aliphatic rings. The molecule has 5 rings (SSSR count). The number of benzene rings is 3. The second kappa shape index (κ2) is 10.4. The van der Waals surface area contributed by atoms with Crippen LogP contribution in [0, 0.1) is 17.0 Å². The number of ether oxygens (including phenoxy) is 3. The highest BCUT2D eigenvalue weighted by atomic mass is 35.5. The topological polar surface area (TPSA) is 98.8 Å². The van der Waals surface area contributed by atoms with Crippen LogP contribution in [0.2, 0.25) is 5.02 Å². The van der Waals surface area contributed by atoms with E-state index in [1.54, 1.807) is 18.2 Å². The molecule has 0 atom stereocenters. The molecule has 1 aliphatic carbocycles. The zero-order valence-corrected chi connectivity index (χ0v) is 21.6. The molecule has 4 aromatic rings. The molecule has 11 heteroatoms. The largest absolute Gasteiger partial charge is 0.493 e. The SMILES string of the molecule is COc1cc2nccc(Oc3cc(Cl)c(NC(=O)C4(C(=O)Nc5ccc(F)cc5)CC4)cc3F)c2cc1OC. The minimum Gasteiger partial charge on any atom is -0.493 e. The Kier molecular flexibility index (Phi) is 6.96. The number of nitrogens with one attached hydrogen (secondary N) is 2. The highest BCUT2D eigenvalue weighted by Crippen LogP contribution is 2.48. The van der Waals surface area contributed by atoms with Crippen molar-refractivity contribution in [3.8, 4) is 23.0 Å². The van der Waals surface area contributed by atoms with Gasteiger partial charge in [-0.15, -0.1) is 0 Å². The smallest absolute Gasteiger partial charge is 0.240 e. The summed E-state index contributed by atoms with van der Waals surface area (Å²) in [5.41, 5.74) is -0.460. The zero-order chi connectivity index (χ0) is 27.7. The molecule has 2 amide bonds. The molecule has 3 aromatic carbocycles. The predicted molar refractivity (Wildman–Crippen MR) is 142 cm³/mol. The molecule has 0 spiro atoms. The molecule has 39 heavy (non-hydrogen) atoms. The number of methoxy groups -OCH3 is 2. The van der Waals surface area contributed by atoms with Gasteiger partial charge < -0.3 is 24.8 Å². The molecule has 2 N–H and O–H groups in total. The predicted octanol–water partition coefficient (Wildman–Crippen LogP) is 6.33. The van der Waals surface area contributed by atoms with Gasteiger partial charge in [0.15, 0.2) is 23.1 Å². The molecule has 200 valence electrons. The molecule has 1 fully saturated rings. The van der Waals surface area contributed by atoms with Gasteiger partial charge in [-0.05, 0) is 49.2 Å². The third-order valence-electron chi connectivity index (χ3n) is 6.42. The third kappa shape index (κ3) is 5.15. The van der Waals surface area contributed by atoms with Crippen molar-refractivity contribution in [3.05, 3.63) is 77.5 Å². The summed E-state index contributed by atoms with van der Waals surface area (Å²) >= 11 is 6.37. The number of aromatic nitrogens is 1. The second-order valence-electron chi connectivity index (χ2n) is 8.90. The van der Waals surface area contributed by atoms with E-state index in [9.17, 15) is 14.0 Å². The molecule has 0 aliphatic heterocycles. The summed E-state index contributed by atoms with van der Waals surface area (Å²) in [7, 11) is 3.00. The van der Waals surface area contributed by atoms with E-state index in [4.69, 9.17) is 25.8 Å². The number of carbonyl (C=O) groups excluding carboxylic acids is 2. The third-order valence-corrected chi connectivity index (χ3v) is 6.73. The summed E-state index contributed by atoms with van der Waals surface area (Å²) in [6, 6.07) is 12.3. The number of fused-ring (bicyclic) bond motifs is 1. The molecule has 0 radical (unpaired) electrons. The molecule has 8 nitrogen and oxygen atoms in total. The average molecular weight is 554 g/mol. The number of amides is 2. The lowest BCUT2D eigenvalue weighted by atomic mass is 10.0. The van der Waals surface area contributed by atoms with Crippen molar-refractivity contribution in [2.45, 2.75) is 12.8 Å². The molecule has 1 aromatic heterocycles. The summed E-state index contributed by atoms with van der Waals surface area (Å²) in [6.45, 7) is 0. The average Bonchev–Trinajstić information content (AvgIpc) is 3.74. The van der Waals surface area contributed by atoms with Gasteiger partial charge in [0.2, 0.25) is 11.8 Å². The number of hydrogen-bond donors (Lipinski definition) is 2. The fourth-order valence-corrected chi connectivity index (χ4v) is 4.27. The summed E-state index contributed by atoms with van der Waals surface area (Å²) in [4.78, 5) is 30.1. The van der Waals surface area contributed by atoms with Crippen LogP contribution in [-0.2, 0) is 9.59 Å². The molecular formula is C28H22ClF2N3O5. The Labute approximate surface area is 226 Å². The minimum atomic E-state index is -1.33. The first kappa shape index (κ1) is 26.2. The number of anilines is 2. The molecule has 1 heterocycles. The highest BCUT2D eigenvalue weighted by molar-refractivity contribution is 6.34. The minimum absolute atomic E-state index is 0.00658. The maximum atomic E-state index is 15.1.